The first-order valence-corrected chi connectivity index (χ1v) is 5.96. The van der Waals surface area contributed by atoms with Crippen LogP contribution < -0.4 is 0 Å². The van der Waals surface area contributed by atoms with Gasteiger partial charge in [0.05, 0.1) is 11.3 Å². The van der Waals surface area contributed by atoms with Gasteiger partial charge in [-0.1, -0.05) is 12.0 Å². The number of nitrogens with zero attached hydrogens (tertiary/aromatic N) is 4. The van der Waals surface area contributed by atoms with E-state index in [1.54, 1.807) is 6.92 Å². The number of tetrazole rings is 1. The SMILES string of the molecule is CCS(=O)(=O)c1nnnn1C(C)(C)C. The molecule has 0 saturated heterocycles. The van der Waals surface area contributed by atoms with E-state index in [4.69, 9.17) is 0 Å². The van der Waals surface area contributed by atoms with Gasteiger partial charge in [0.2, 0.25) is 9.84 Å². The van der Waals surface area contributed by atoms with Gasteiger partial charge in [0.15, 0.2) is 0 Å². The van der Waals surface area contributed by atoms with Crippen molar-refractivity contribution < 1.29 is 8.42 Å². The monoisotopic (exact) mass is 218 g/mol. The molecule has 7 heteroatoms. The van der Waals surface area contributed by atoms with Crippen LogP contribution in [-0.4, -0.2) is 34.4 Å². The molecule has 0 bridgehead atoms. The normalized spacial score (nSPS) is 13.1. The third-order valence-electron chi connectivity index (χ3n) is 1.73. The Morgan fingerprint density at radius 2 is 1.93 bits per heavy atom. The van der Waals surface area contributed by atoms with Gasteiger partial charge in [-0.2, -0.15) is 0 Å². The minimum atomic E-state index is -3.34. The second-order valence-electron chi connectivity index (χ2n) is 3.95. The molecular weight excluding hydrogens is 204 g/mol. The lowest BCUT2D eigenvalue weighted by Crippen LogP contribution is -2.27. The molecule has 0 saturated carbocycles. The van der Waals surface area contributed by atoms with E-state index in [0.29, 0.717) is 0 Å². The predicted octanol–water partition coefficient (Wildman–Crippen LogP) is 0.222. The predicted molar refractivity (Wildman–Crippen MR) is 50.5 cm³/mol. The van der Waals surface area contributed by atoms with Gasteiger partial charge in [0.25, 0.3) is 5.16 Å². The highest BCUT2D eigenvalue weighted by Crippen LogP contribution is 2.16. The zero-order valence-electron chi connectivity index (χ0n) is 8.72. The smallest absolute Gasteiger partial charge is 0.220 e. The van der Waals surface area contributed by atoms with Crippen molar-refractivity contribution in [2.45, 2.75) is 38.4 Å². The molecule has 6 nitrogen and oxygen atoms in total. The molecule has 0 spiro atoms. The fourth-order valence-corrected chi connectivity index (χ4v) is 1.92. The molecule has 80 valence electrons. The number of hydrogen-bond acceptors (Lipinski definition) is 5. The average Bonchev–Trinajstić information content (AvgIpc) is 2.51. The molecule has 1 heterocycles. The topological polar surface area (TPSA) is 77.7 Å². The van der Waals surface area contributed by atoms with E-state index in [1.807, 2.05) is 20.8 Å². The zero-order valence-corrected chi connectivity index (χ0v) is 9.54. The highest BCUT2D eigenvalue weighted by molar-refractivity contribution is 7.91. The van der Waals surface area contributed by atoms with Crippen molar-refractivity contribution in [1.82, 2.24) is 20.2 Å². The van der Waals surface area contributed by atoms with Crippen LogP contribution in [0.5, 0.6) is 0 Å². The maximum Gasteiger partial charge on any atom is 0.268 e. The Kier molecular flexibility index (Phi) is 2.62. The molecule has 0 fully saturated rings. The maximum atomic E-state index is 11.6. The van der Waals surface area contributed by atoms with E-state index in [1.165, 1.54) is 4.68 Å². The molecule has 0 aliphatic rings. The van der Waals surface area contributed by atoms with Crippen LogP contribution in [0.2, 0.25) is 0 Å². The summed E-state index contributed by atoms with van der Waals surface area (Å²) in [5, 5.41) is 10.5. The first kappa shape index (κ1) is 11.1. The summed E-state index contributed by atoms with van der Waals surface area (Å²) in [4.78, 5) is 0. The highest BCUT2D eigenvalue weighted by Gasteiger charge is 2.27. The van der Waals surface area contributed by atoms with Gasteiger partial charge in [-0.15, -0.1) is 0 Å². The standard InChI is InChI=1S/C7H14N4O2S/c1-5-14(12,13)6-8-9-10-11(6)7(2,3)4/h5H2,1-4H3. The van der Waals surface area contributed by atoms with Gasteiger partial charge in [0.1, 0.15) is 0 Å². The van der Waals surface area contributed by atoms with Gasteiger partial charge in [-0.3, -0.25) is 0 Å². The van der Waals surface area contributed by atoms with E-state index in [0.717, 1.165) is 0 Å². The Balaban J connectivity index is 3.33. The third kappa shape index (κ3) is 1.92. The molecule has 0 aliphatic carbocycles. The Bertz CT molecular complexity index is 415. The average molecular weight is 218 g/mol. The van der Waals surface area contributed by atoms with E-state index < -0.39 is 15.4 Å². The molecule has 0 amide bonds. The molecule has 0 aromatic carbocycles. The summed E-state index contributed by atoms with van der Waals surface area (Å²) in [7, 11) is -3.34. The van der Waals surface area contributed by atoms with Crippen LogP contribution >= 0.6 is 0 Å². The van der Waals surface area contributed by atoms with Gasteiger partial charge < -0.3 is 0 Å². The maximum absolute atomic E-state index is 11.6. The van der Waals surface area contributed by atoms with Crippen molar-refractivity contribution in [1.29, 1.82) is 0 Å². The summed E-state index contributed by atoms with van der Waals surface area (Å²) in [6, 6.07) is 0. The van der Waals surface area contributed by atoms with E-state index in [2.05, 4.69) is 15.5 Å². The second-order valence-corrected chi connectivity index (χ2v) is 6.12. The summed E-state index contributed by atoms with van der Waals surface area (Å²) in [6.45, 7) is 7.10. The first-order chi connectivity index (χ1) is 6.29. The molecule has 1 rings (SSSR count). The minimum Gasteiger partial charge on any atom is -0.220 e. The van der Waals surface area contributed by atoms with Gasteiger partial charge >= 0.3 is 0 Å². The summed E-state index contributed by atoms with van der Waals surface area (Å²) in [5.41, 5.74) is -0.429. The van der Waals surface area contributed by atoms with E-state index in [9.17, 15) is 8.42 Å². The fourth-order valence-electron chi connectivity index (χ4n) is 0.923. The van der Waals surface area contributed by atoms with Crippen molar-refractivity contribution in [2.75, 3.05) is 5.75 Å². The van der Waals surface area contributed by atoms with Crippen molar-refractivity contribution in [3.63, 3.8) is 0 Å². The lowest BCUT2D eigenvalue weighted by atomic mass is 10.1. The number of sulfone groups is 1. The molecule has 0 atom stereocenters. The lowest BCUT2D eigenvalue weighted by molar-refractivity contribution is 0.317. The number of aromatic nitrogens is 4. The van der Waals surface area contributed by atoms with E-state index in [-0.39, 0.29) is 10.9 Å². The molecule has 0 aliphatic heterocycles. The molecule has 1 aromatic heterocycles. The molecule has 14 heavy (non-hydrogen) atoms. The van der Waals surface area contributed by atoms with Crippen LogP contribution in [0.4, 0.5) is 0 Å². The van der Waals surface area contributed by atoms with Crippen LogP contribution in [0.3, 0.4) is 0 Å². The van der Waals surface area contributed by atoms with Crippen molar-refractivity contribution in [3.05, 3.63) is 0 Å². The zero-order chi connectivity index (χ0) is 11.0. The summed E-state index contributed by atoms with van der Waals surface area (Å²) in [6.07, 6.45) is 0. The van der Waals surface area contributed by atoms with Crippen LogP contribution in [0.15, 0.2) is 5.16 Å². The van der Waals surface area contributed by atoms with Crippen molar-refractivity contribution >= 4 is 9.84 Å². The Labute approximate surface area is 83.2 Å². The summed E-state index contributed by atoms with van der Waals surface area (Å²) < 4.78 is 24.5. The van der Waals surface area contributed by atoms with Gasteiger partial charge in [0, 0.05) is 0 Å². The molecule has 0 radical (unpaired) electrons. The quantitative estimate of drug-likeness (QED) is 0.709. The number of rotatable bonds is 2. The molecule has 0 N–H and O–H groups in total. The fraction of sp³-hybridized carbons (Fsp3) is 0.857. The number of hydrogen-bond donors (Lipinski definition) is 0. The summed E-state index contributed by atoms with van der Waals surface area (Å²) >= 11 is 0. The van der Waals surface area contributed by atoms with Crippen molar-refractivity contribution in [2.24, 2.45) is 0 Å². The largest absolute Gasteiger partial charge is 0.268 e. The van der Waals surface area contributed by atoms with Gasteiger partial charge in [-0.25, -0.2) is 13.1 Å². The van der Waals surface area contributed by atoms with Crippen LogP contribution in [-0.2, 0) is 15.4 Å². The molecular formula is C7H14N4O2S. The van der Waals surface area contributed by atoms with Crippen LogP contribution in [0.25, 0.3) is 0 Å². The Morgan fingerprint density at radius 3 is 2.36 bits per heavy atom. The second kappa shape index (κ2) is 3.30. The third-order valence-corrected chi connectivity index (χ3v) is 3.31. The summed E-state index contributed by atoms with van der Waals surface area (Å²) in [5.74, 6) is 0.00343. The molecule has 0 unspecified atom stereocenters. The highest BCUT2D eigenvalue weighted by atomic mass is 32.2. The van der Waals surface area contributed by atoms with Crippen LogP contribution in [0, 0.1) is 0 Å². The minimum absolute atomic E-state index is 0.00343. The lowest BCUT2D eigenvalue weighted by Gasteiger charge is -2.19. The van der Waals surface area contributed by atoms with E-state index >= 15 is 0 Å². The van der Waals surface area contributed by atoms with Crippen LogP contribution in [0.1, 0.15) is 27.7 Å². The first-order valence-electron chi connectivity index (χ1n) is 4.30. The Hall–Kier alpha value is -0.980. The molecule has 1 aromatic rings. The van der Waals surface area contributed by atoms with Gasteiger partial charge in [-0.05, 0) is 31.2 Å². The van der Waals surface area contributed by atoms with Crippen molar-refractivity contribution in [3.8, 4) is 0 Å². The Morgan fingerprint density at radius 1 is 1.36 bits per heavy atom.